The third-order valence-electron chi connectivity index (χ3n) is 6.17. The number of benzene rings is 2. The molecule has 186 valence electrons. The first-order valence-electron chi connectivity index (χ1n) is 11.5. The van der Waals surface area contributed by atoms with Gasteiger partial charge in [-0.3, -0.25) is 14.9 Å². The molecule has 10 heteroatoms. The van der Waals surface area contributed by atoms with Gasteiger partial charge in [-0.15, -0.1) is 0 Å². The van der Waals surface area contributed by atoms with Crippen molar-refractivity contribution in [3.05, 3.63) is 53.8 Å². The molecule has 35 heavy (non-hydrogen) atoms. The molecule has 9 nitrogen and oxygen atoms in total. The van der Waals surface area contributed by atoms with E-state index in [0.717, 1.165) is 0 Å². The maximum Gasteiger partial charge on any atom is 0.321 e. The summed E-state index contributed by atoms with van der Waals surface area (Å²) in [7, 11) is 3.05. The van der Waals surface area contributed by atoms with Gasteiger partial charge in [-0.1, -0.05) is 12.1 Å². The predicted molar refractivity (Wildman–Crippen MR) is 128 cm³/mol. The number of ether oxygens (including phenoxy) is 3. The van der Waals surface area contributed by atoms with Gasteiger partial charge in [-0.2, -0.15) is 0 Å². The topological polar surface area (TPSA) is 92.7 Å². The summed E-state index contributed by atoms with van der Waals surface area (Å²) in [5.74, 6) is -1.19. The van der Waals surface area contributed by atoms with Crippen molar-refractivity contribution < 1.29 is 28.2 Å². The average molecular weight is 485 g/mol. The first-order chi connectivity index (χ1) is 17.0. The van der Waals surface area contributed by atoms with Crippen LogP contribution in [0.3, 0.4) is 0 Å². The number of methoxy groups -OCH3 is 2. The van der Waals surface area contributed by atoms with Crippen molar-refractivity contribution >= 4 is 23.5 Å². The monoisotopic (exact) mass is 484 g/mol. The lowest BCUT2D eigenvalue weighted by Gasteiger charge is -2.39. The van der Waals surface area contributed by atoms with Gasteiger partial charge >= 0.3 is 5.97 Å². The number of hydrogen-bond acceptors (Lipinski definition) is 8. The van der Waals surface area contributed by atoms with Gasteiger partial charge in [0.2, 0.25) is 11.9 Å². The minimum Gasteiger partial charge on any atom is -0.497 e. The highest BCUT2D eigenvalue weighted by molar-refractivity contribution is 6.08. The van der Waals surface area contributed by atoms with Crippen LogP contribution in [0.15, 0.2) is 47.5 Å². The number of amides is 1. The summed E-state index contributed by atoms with van der Waals surface area (Å²) in [4.78, 5) is 34.6. The number of guanidine groups is 1. The lowest BCUT2D eigenvalue weighted by molar-refractivity contribution is -0.153. The Balaban J connectivity index is 1.63. The van der Waals surface area contributed by atoms with E-state index < -0.39 is 23.8 Å². The van der Waals surface area contributed by atoms with Crippen LogP contribution in [0.4, 0.5) is 10.1 Å². The van der Waals surface area contributed by atoms with E-state index in [4.69, 9.17) is 19.2 Å². The minimum absolute atomic E-state index is 0.143. The zero-order chi connectivity index (χ0) is 24.9. The van der Waals surface area contributed by atoms with E-state index in [9.17, 15) is 14.0 Å². The van der Waals surface area contributed by atoms with Crippen LogP contribution in [0.5, 0.6) is 11.5 Å². The number of nitrogens with zero attached hydrogens (tertiary/aromatic N) is 3. The Morgan fingerprint density at radius 3 is 2.46 bits per heavy atom. The molecule has 0 aliphatic carbocycles. The first-order valence-corrected chi connectivity index (χ1v) is 11.5. The van der Waals surface area contributed by atoms with Crippen LogP contribution in [0, 0.1) is 11.7 Å². The second-order valence-corrected chi connectivity index (χ2v) is 8.15. The lowest BCUT2D eigenvalue weighted by Crippen LogP contribution is -2.57. The third-order valence-corrected chi connectivity index (χ3v) is 6.17. The molecule has 0 radical (unpaired) electrons. The molecule has 2 aliphatic heterocycles. The number of aliphatic imine (C=N–C) groups is 1. The Morgan fingerprint density at radius 1 is 1.09 bits per heavy atom. The van der Waals surface area contributed by atoms with Crippen LogP contribution in [-0.4, -0.2) is 69.7 Å². The molecule has 2 unspecified atom stereocenters. The highest BCUT2D eigenvalue weighted by Gasteiger charge is 2.43. The summed E-state index contributed by atoms with van der Waals surface area (Å²) in [6.07, 6.45) is 0. The van der Waals surface area contributed by atoms with Crippen LogP contribution in [0.25, 0.3) is 0 Å². The fourth-order valence-corrected chi connectivity index (χ4v) is 4.38. The smallest absolute Gasteiger partial charge is 0.321 e. The highest BCUT2D eigenvalue weighted by Crippen LogP contribution is 2.38. The standard InChI is InChI=1S/C25H29FN4O5/c1-4-35-24(32)21-22(17-10-9-16(33-2)15-20(17)34-3)27-25(28-23(21)31)30-13-11-29(12-14-30)19-8-6-5-7-18(19)26/h5-10,15,21-22H,4,11-14H2,1-3H3,(H,27,28,31). The summed E-state index contributed by atoms with van der Waals surface area (Å²) in [6.45, 7) is 3.96. The van der Waals surface area contributed by atoms with Gasteiger partial charge in [0.05, 0.1) is 26.5 Å². The van der Waals surface area contributed by atoms with E-state index in [1.165, 1.54) is 13.2 Å². The number of carbonyl (C=O) groups is 2. The fraction of sp³-hybridized carbons (Fsp3) is 0.400. The summed E-state index contributed by atoms with van der Waals surface area (Å²) in [5.41, 5.74) is 1.12. The molecule has 2 aromatic carbocycles. The zero-order valence-electron chi connectivity index (χ0n) is 20.0. The van der Waals surface area contributed by atoms with Gasteiger partial charge in [0.1, 0.15) is 23.4 Å². The molecule has 2 heterocycles. The SMILES string of the molecule is CCOC(=O)C1C(=O)NC(N2CCN(c3ccccc3F)CC2)=NC1c1ccc(OC)cc1OC. The molecule has 1 saturated heterocycles. The predicted octanol–water partition coefficient (Wildman–Crippen LogP) is 2.37. The van der Waals surface area contributed by atoms with Crippen molar-refractivity contribution in [1.82, 2.24) is 10.2 Å². The van der Waals surface area contributed by atoms with Gasteiger partial charge in [-0.25, -0.2) is 9.38 Å². The second-order valence-electron chi connectivity index (χ2n) is 8.15. The normalized spacial score (nSPS) is 20.1. The first kappa shape index (κ1) is 24.3. The largest absolute Gasteiger partial charge is 0.497 e. The van der Waals surface area contributed by atoms with Crippen LogP contribution in [0.2, 0.25) is 0 Å². The maximum absolute atomic E-state index is 14.2. The van der Waals surface area contributed by atoms with Gasteiger partial charge in [0.25, 0.3) is 0 Å². The molecule has 4 rings (SSSR count). The number of carbonyl (C=O) groups excluding carboxylic acids is 2. The van der Waals surface area contributed by atoms with E-state index in [2.05, 4.69) is 5.32 Å². The van der Waals surface area contributed by atoms with Crippen molar-refractivity contribution in [3.63, 3.8) is 0 Å². The number of esters is 1. The van der Waals surface area contributed by atoms with Crippen molar-refractivity contribution in [2.24, 2.45) is 10.9 Å². The number of nitrogens with one attached hydrogen (secondary N) is 1. The van der Waals surface area contributed by atoms with Gasteiger partial charge in [0.15, 0.2) is 5.92 Å². The Bertz CT molecular complexity index is 1120. The van der Waals surface area contributed by atoms with Crippen molar-refractivity contribution in [1.29, 1.82) is 0 Å². The summed E-state index contributed by atoms with van der Waals surface area (Å²) < 4.78 is 30.2. The molecule has 1 amide bonds. The van der Waals surface area contributed by atoms with Gasteiger partial charge < -0.3 is 24.0 Å². The number of halogens is 1. The molecule has 0 spiro atoms. The van der Waals surface area contributed by atoms with Crippen molar-refractivity contribution in [3.8, 4) is 11.5 Å². The lowest BCUT2D eigenvalue weighted by atomic mass is 9.90. The number of piperazine rings is 1. The Hall–Kier alpha value is -3.82. The van der Waals surface area contributed by atoms with Crippen molar-refractivity contribution in [2.45, 2.75) is 13.0 Å². The van der Waals surface area contributed by atoms with Gasteiger partial charge in [-0.05, 0) is 31.2 Å². The molecule has 1 fully saturated rings. The molecule has 1 N–H and O–H groups in total. The molecule has 2 atom stereocenters. The molecular formula is C25H29FN4O5. The number of anilines is 1. The Kier molecular flexibility index (Phi) is 7.38. The Labute approximate surface area is 203 Å². The fourth-order valence-electron chi connectivity index (χ4n) is 4.38. The van der Waals surface area contributed by atoms with Gasteiger partial charge in [0, 0.05) is 37.8 Å². The van der Waals surface area contributed by atoms with Crippen LogP contribution >= 0.6 is 0 Å². The molecule has 2 aliphatic rings. The van der Waals surface area contributed by atoms with Crippen LogP contribution < -0.4 is 19.7 Å². The maximum atomic E-state index is 14.2. The van der Waals surface area contributed by atoms with E-state index >= 15 is 0 Å². The molecular weight excluding hydrogens is 455 g/mol. The van der Waals surface area contributed by atoms with E-state index in [1.54, 1.807) is 50.4 Å². The van der Waals surface area contributed by atoms with E-state index in [-0.39, 0.29) is 12.4 Å². The summed E-state index contributed by atoms with van der Waals surface area (Å²) in [6, 6.07) is 11.0. The van der Waals surface area contributed by atoms with E-state index in [1.807, 2.05) is 9.80 Å². The number of rotatable bonds is 6. The average Bonchev–Trinajstić information content (AvgIpc) is 2.88. The second kappa shape index (κ2) is 10.6. The number of hydrogen-bond donors (Lipinski definition) is 1. The highest BCUT2D eigenvalue weighted by atomic mass is 19.1. The molecule has 0 aromatic heterocycles. The molecule has 2 aromatic rings. The minimum atomic E-state index is -1.17. The number of para-hydroxylation sites is 1. The van der Waals surface area contributed by atoms with Crippen LogP contribution in [-0.2, 0) is 14.3 Å². The zero-order valence-corrected chi connectivity index (χ0v) is 20.0. The molecule has 0 saturated carbocycles. The summed E-state index contributed by atoms with van der Waals surface area (Å²) >= 11 is 0. The molecule has 0 bridgehead atoms. The van der Waals surface area contributed by atoms with E-state index in [0.29, 0.717) is 54.9 Å². The van der Waals surface area contributed by atoms with Crippen molar-refractivity contribution in [2.75, 3.05) is 51.9 Å². The quantitative estimate of drug-likeness (QED) is 0.497. The Morgan fingerprint density at radius 2 is 1.80 bits per heavy atom. The summed E-state index contributed by atoms with van der Waals surface area (Å²) in [5, 5.41) is 2.78. The third kappa shape index (κ3) is 5.01. The van der Waals surface area contributed by atoms with Crippen LogP contribution in [0.1, 0.15) is 18.5 Å².